The van der Waals surface area contributed by atoms with Crippen molar-refractivity contribution < 1.29 is 13.2 Å². The van der Waals surface area contributed by atoms with Crippen molar-refractivity contribution in [1.82, 2.24) is 5.32 Å². The maximum atomic E-state index is 12.1. The molecule has 1 N–H and O–H groups in total. The normalized spacial score (nSPS) is 29.4. The fourth-order valence-corrected chi connectivity index (χ4v) is 2.41. The van der Waals surface area contributed by atoms with Gasteiger partial charge < -0.3 is 5.32 Å². The van der Waals surface area contributed by atoms with Crippen LogP contribution in [-0.4, -0.2) is 18.3 Å². The molecule has 15 heavy (non-hydrogen) atoms. The molecule has 0 aromatic heterocycles. The summed E-state index contributed by atoms with van der Waals surface area (Å²) in [6.45, 7) is 3.76. The summed E-state index contributed by atoms with van der Waals surface area (Å²) in [5.41, 5.74) is 0. The van der Waals surface area contributed by atoms with E-state index in [0.29, 0.717) is 12.0 Å². The third kappa shape index (κ3) is 4.87. The Bertz CT molecular complexity index is 191. The first-order valence-corrected chi connectivity index (χ1v) is 5.73. The molecule has 0 amide bonds. The van der Waals surface area contributed by atoms with Gasteiger partial charge in [-0.05, 0) is 32.1 Å². The highest BCUT2D eigenvalue weighted by molar-refractivity contribution is 4.82. The number of hydrogen-bond acceptors (Lipinski definition) is 1. The molecule has 3 atom stereocenters. The molecular formula is C11H20F3N. The van der Waals surface area contributed by atoms with Gasteiger partial charge in [-0.1, -0.05) is 13.3 Å². The van der Waals surface area contributed by atoms with E-state index >= 15 is 0 Å². The van der Waals surface area contributed by atoms with Crippen molar-refractivity contribution in [2.45, 2.75) is 64.2 Å². The predicted molar refractivity (Wildman–Crippen MR) is 54.7 cm³/mol. The van der Waals surface area contributed by atoms with E-state index < -0.39 is 18.6 Å². The lowest BCUT2D eigenvalue weighted by molar-refractivity contribution is -0.139. The number of alkyl halides is 3. The summed E-state index contributed by atoms with van der Waals surface area (Å²) in [6.07, 6.45) is -0.395. The third-order valence-corrected chi connectivity index (χ3v) is 3.18. The van der Waals surface area contributed by atoms with Gasteiger partial charge >= 0.3 is 6.18 Å². The topological polar surface area (TPSA) is 12.0 Å². The summed E-state index contributed by atoms with van der Waals surface area (Å²) in [6, 6.07) is -0.155. The number of hydrogen-bond donors (Lipinski definition) is 1. The Morgan fingerprint density at radius 2 is 2.00 bits per heavy atom. The lowest BCUT2D eigenvalue weighted by atomic mass is 10.1. The van der Waals surface area contributed by atoms with Crippen LogP contribution in [0, 0.1) is 5.92 Å². The highest BCUT2D eigenvalue weighted by Gasteiger charge is 2.32. The van der Waals surface area contributed by atoms with Gasteiger partial charge in [0.25, 0.3) is 0 Å². The van der Waals surface area contributed by atoms with Crippen LogP contribution in [0.15, 0.2) is 0 Å². The molecular weight excluding hydrogens is 203 g/mol. The van der Waals surface area contributed by atoms with Crippen molar-refractivity contribution in [2.75, 3.05) is 0 Å². The molecule has 3 unspecified atom stereocenters. The molecule has 1 aliphatic carbocycles. The second-order valence-electron chi connectivity index (χ2n) is 4.67. The van der Waals surface area contributed by atoms with Gasteiger partial charge in [0.15, 0.2) is 0 Å². The van der Waals surface area contributed by atoms with Crippen molar-refractivity contribution >= 4 is 0 Å². The standard InChI is InChI=1S/C11H20F3N/c1-3-9-4-5-10(6-9)15-8(2)7-11(12,13)14/h8-10,15H,3-7H2,1-2H3. The molecule has 0 aromatic carbocycles. The highest BCUT2D eigenvalue weighted by Crippen LogP contribution is 2.29. The van der Waals surface area contributed by atoms with Crippen molar-refractivity contribution in [3.05, 3.63) is 0 Å². The molecule has 0 spiro atoms. The van der Waals surface area contributed by atoms with Gasteiger partial charge in [0.2, 0.25) is 0 Å². The largest absolute Gasteiger partial charge is 0.390 e. The summed E-state index contributed by atoms with van der Waals surface area (Å²) < 4.78 is 36.2. The zero-order valence-electron chi connectivity index (χ0n) is 9.40. The van der Waals surface area contributed by atoms with Gasteiger partial charge in [-0.15, -0.1) is 0 Å². The van der Waals surface area contributed by atoms with Gasteiger partial charge in [0, 0.05) is 12.1 Å². The predicted octanol–water partition coefficient (Wildman–Crippen LogP) is 3.50. The van der Waals surface area contributed by atoms with Crippen LogP contribution in [0.3, 0.4) is 0 Å². The summed E-state index contributed by atoms with van der Waals surface area (Å²) in [5, 5.41) is 3.08. The van der Waals surface area contributed by atoms with E-state index in [-0.39, 0.29) is 0 Å². The van der Waals surface area contributed by atoms with E-state index in [9.17, 15) is 13.2 Å². The number of nitrogens with one attached hydrogen (secondary N) is 1. The van der Waals surface area contributed by atoms with Gasteiger partial charge in [0.05, 0.1) is 6.42 Å². The minimum atomic E-state index is -4.05. The Morgan fingerprint density at radius 3 is 2.47 bits per heavy atom. The Balaban J connectivity index is 2.24. The SMILES string of the molecule is CCC1CCC(NC(C)CC(F)(F)F)C1. The monoisotopic (exact) mass is 223 g/mol. The molecule has 0 heterocycles. The number of rotatable bonds is 4. The van der Waals surface area contributed by atoms with Crippen LogP contribution in [0.1, 0.15) is 46.0 Å². The first-order chi connectivity index (χ1) is 6.90. The van der Waals surface area contributed by atoms with Gasteiger partial charge in [-0.3, -0.25) is 0 Å². The van der Waals surface area contributed by atoms with Crippen molar-refractivity contribution in [3.63, 3.8) is 0 Å². The molecule has 1 nitrogen and oxygen atoms in total. The molecule has 4 heteroatoms. The van der Waals surface area contributed by atoms with Gasteiger partial charge in [-0.2, -0.15) is 13.2 Å². The highest BCUT2D eigenvalue weighted by atomic mass is 19.4. The molecule has 90 valence electrons. The third-order valence-electron chi connectivity index (χ3n) is 3.18. The Morgan fingerprint density at radius 1 is 1.33 bits per heavy atom. The Kier molecular flexibility index (Phi) is 4.44. The van der Waals surface area contributed by atoms with Crippen LogP contribution < -0.4 is 5.32 Å². The zero-order chi connectivity index (χ0) is 11.5. The molecule has 0 aromatic rings. The van der Waals surface area contributed by atoms with Crippen molar-refractivity contribution in [3.8, 4) is 0 Å². The molecule has 1 saturated carbocycles. The van der Waals surface area contributed by atoms with Crippen molar-refractivity contribution in [2.24, 2.45) is 5.92 Å². The average molecular weight is 223 g/mol. The molecule has 0 saturated heterocycles. The first kappa shape index (κ1) is 12.8. The molecule has 1 fully saturated rings. The average Bonchev–Trinajstić information content (AvgIpc) is 2.48. The maximum absolute atomic E-state index is 12.1. The quantitative estimate of drug-likeness (QED) is 0.769. The lowest BCUT2D eigenvalue weighted by Gasteiger charge is -2.20. The molecule has 1 rings (SSSR count). The first-order valence-electron chi connectivity index (χ1n) is 5.73. The molecule has 0 radical (unpaired) electrons. The van der Waals surface area contributed by atoms with E-state index in [1.165, 1.54) is 0 Å². The summed E-state index contributed by atoms with van der Waals surface area (Å²) in [7, 11) is 0. The molecule has 1 aliphatic rings. The summed E-state index contributed by atoms with van der Waals surface area (Å²) in [4.78, 5) is 0. The Labute approximate surface area is 89.4 Å². The van der Waals surface area contributed by atoms with Crippen molar-refractivity contribution in [1.29, 1.82) is 0 Å². The van der Waals surface area contributed by atoms with E-state index in [1.807, 2.05) is 0 Å². The van der Waals surface area contributed by atoms with Crippen LogP contribution in [0.2, 0.25) is 0 Å². The summed E-state index contributed by atoms with van der Waals surface area (Å²) in [5.74, 6) is 0.709. The van der Waals surface area contributed by atoms with E-state index in [4.69, 9.17) is 0 Å². The van der Waals surface area contributed by atoms with Crippen LogP contribution in [-0.2, 0) is 0 Å². The van der Waals surface area contributed by atoms with Crippen LogP contribution in [0.4, 0.5) is 13.2 Å². The maximum Gasteiger partial charge on any atom is 0.390 e. The number of halogens is 3. The fraction of sp³-hybridized carbons (Fsp3) is 1.00. The van der Waals surface area contributed by atoms with E-state index in [2.05, 4.69) is 12.2 Å². The van der Waals surface area contributed by atoms with E-state index in [1.54, 1.807) is 6.92 Å². The lowest BCUT2D eigenvalue weighted by Crippen LogP contribution is -2.37. The second-order valence-corrected chi connectivity index (χ2v) is 4.67. The minimum absolute atomic E-state index is 0.298. The molecule has 0 aliphatic heterocycles. The van der Waals surface area contributed by atoms with E-state index in [0.717, 1.165) is 25.7 Å². The van der Waals surface area contributed by atoms with Gasteiger partial charge in [0.1, 0.15) is 0 Å². The van der Waals surface area contributed by atoms with Gasteiger partial charge in [-0.25, -0.2) is 0 Å². The zero-order valence-corrected chi connectivity index (χ0v) is 9.40. The summed E-state index contributed by atoms with van der Waals surface area (Å²) >= 11 is 0. The Hall–Kier alpha value is -0.250. The minimum Gasteiger partial charge on any atom is -0.311 e. The van der Waals surface area contributed by atoms with Crippen LogP contribution in [0.5, 0.6) is 0 Å². The second kappa shape index (κ2) is 5.19. The van der Waals surface area contributed by atoms with Crippen LogP contribution in [0.25, 0.3) is 0 Å². The van der Waals surface area contributed by atoms with Crippen LogP contribution >= 0.6 is 0 Å². The smallest absolute Gasteiger partial charge is 0.311 e. The fourth-order valence-electron chi connectivity index (χ4n) is 2.41. The molecule has 0 bridgehead atoms.